The number of hydrogen-bond donors (Lipinski definition) is 2. The first-order chi connectivity index (χ1) is 15.1. The quantitative estimate of drug-likeness (QED) is 0.575. The first-order valence-electron chi connectivity index (χ1n) is 11.1. The average molecular weight is 421 g/mol. The van der Waals surface area contributed by atoms with Crippen LogP contribution in [0.5, 0.6) is 5.75 Å². The van der Waals surface area contributed by atoms with Crippen LogP contribution >= 0.6 is 0 Å². The molecule has 1 aliphatic carbocycles. The minimum Gasteiger partial charge on any atom is -0.496 e. The summed E-state index contributed by atoms with van der Waals surface area (Å²) in [5.74, 6) is 0.334. The molecule has 0 fully saturated rings. The Morgan fingerprint density at radius 3 is 2.39 bits per heavy atom. The van der Waals surface area contributed by atoms with Crippen molar-refractivity contribution in [2.75, 3.05) is 26.9 Å². The predicted octanol–water partition coefficient (Wildman–Crippen LogP) is 3.02. The largest absolute Gasteiger partial charge is 0.496 e. The van der Waals surface area contributed by atoms with E-state index in [9.17, 15) is 9.59 Å². The van der Waals surface area contributed by atoms with E-state index in [-0.39, 0.29) is 18.5 Å². The monoisotopic (exact) mass is 420 g/mol. The van der Waals surface area contributed by atoms with E-state index in [0.717, 1.165) is 58.9 Å². The van der Waals surface area contributed by atoms with Gasteiger partial charge in [-0.25, -0.2) is 0 Å². The molecule has 1 aliphatic heterocycles. The van der Waals surface area contributed by atoms with Crippen molar-refractivity contribution in [2.24, 2.45) is 0 Å². The highest BCUT2D eigenvalue weighted by Gasteiger charge is 2.42. The minimum absolute atomic E-state index is 0.177. The van der Waals surface area contributed by atoms with Crippen molar-refractivity contribution in [1.82, 2.24) is 20.1 Å². The number of nitrogens with one attached hydrogen (secondary N) is 2. The van der Waals surface area contributed by atoms with Crippen molar-refractivity contribution >= 4 is 33.6 Å². The Bertz CT molecular complexity index is 1230. The van der Waals surface area contributed by atoms with E-state index in [1.54, 1.807) is 7.11 Å². The van der Waals surface area contributed by atoms with Gasteiger partial charge < -0.3 is 9.30 Å². The third-order valence-corrected chi connectivity index (χ3v) is 6.53. The van der Waals surface area contributed by atoms with Crippen LogP contribution in [0, 0.1) is 0 Å². The molecule has 31 heavy (non-hydrogen) atoms. The van der Waals surface area contributed by atoms with E-state index >= 15 is 0 Å². The lowest BCUT2D eigenvalue weighted by molar-refractivity contribution is 0.0643. The molecule has 2 N–H and O–H groups in total. The first-order valence-corrected chi connectivity index (χ1v) is 11.1. The topological polar surface area (TPSA) is 75.6 Å². The van der Waals surface area contributed by atoms with Gasteiger partial charge in [-0.1, -0.05) is 19.9 Å². The van der Waals surface area contributed by atoms with Gasteiger partial charge in [-0.05, 0) is 55.6 Å². The van der Waals surface area contributed by atoms with Crippen molar-refractivity contribution in [1.29, 1.82) is 0 Å². The fourth-order valence-corrected chi connectivity index (χ4v) is 5.22. The Morgan fingerprint density at radius 2 is 1.65 bits per heavy atom. The molecule has 0 saturated heterocycles. The van der Waals surface area contributed by atoms with Crippen molar-refractivity contribution < 1.29 is 14.3 Å². The van der Waals surface area contributed by atoms with Gasteiger partial charge in [-0.15, -0.1) is 0 Å². The van der Waals surface area contributed by atoms with E-state index in [1.807, 2.05) is 19.1 Å². The lowest BCUT2D eigenvalue weighted by Crippen LogP contribution is -2.38. The number of aromatic nitrogens is 1. The number of nitrogens with zero attached hydrogens (tertiary/aromatic N) is 2. The number of amides is 2. The number of carbonyl (C=O) groups is 2. The highest BCUT2D eigenvalue weighted by atomic mass is 16.5. The lowest BCUT2D eigenvalue weighted by atomic mass is 9.93. The third-order valence-electron chi connectivity index (χ3n) is 6.53. The molecule has 7 nitrogen and oxygen atoms in total. The summed E-state index contributed by atoms with van der Waals surface area (Å²) in [6, 6.07) is 5.98. The molecule has 0 unspecified atom stereocenters. The number of benzene rings is 2. The summed E-state index contributed by atoms with van der Waals surface area (Å²) in [7, 11) is 1.65. The fraction of sp³-hybridized carbons (Fsp3) is 0.417. The smallest absolute Gasteiger partial charge is 0.263 e. The number of methoxy groups -OCH3 is 1. The first kappa shape index (κ1) is 20.0. The maximum absolute atomic E-state index is 13.6. The molecule has 5 rings (SSSR count). The molecule has 0 radical (unpaired) electrons. The van der Waals surface area contributed by atoms with Crippen LogP contribution in [-0.4, -0.2) is 48.1 Å². The Balaban J connectivity index is 1.92. The maximum atomic E-state index is 13.6. The lowest BCUT2D eigenvalue weighted by Gasteiger charge is -2.13. The fourth-order valence-electron chi connectivity index (χ4n) is 5.22. The minimum atomic E-state index is -0.214. The Hall–Kier alpha value is -2.90. The molecular formula is C24H28N4O3. The van der Waals surface area contributed by atoms with Gasteiger partial charge in [-0.2, -0.15) is 0 Å². The molecule has 2 heterocycles. The third kappa shape index (κ3) is 2.73. The molecule has 2 aliphatic rings. The molecule has 162 valence electrons. The molecule has 2 aromatic carbocycles. The zero-order chi connectivity index (χ0) is 21.7. The van der Waals surface area contributed by atoms with Crippen LogP contribution < -0.4 is 15.4 Å². The van der Waals surface area contributed by atoms with Gasteiger partial charge in [0.15, 0.2) is 0 Å². The second kappa shape index (κ2) is 7.66. The summed E-state index contributed by atoms with van der Waals surface area (Å²) in [4.78, 5) is 28.3. The van der Waals surface area contributed by atoms with E-state index in [2.05, 4.69) is 28.2 Å². The molecule has 0 bridgehead atoms. The van der Waals surface area contributed by atoms with E-state index < -0.39 is 0 Å². The van der Waals surface area contributed by atoms with Crippen LogP contribution in [0.1, 0.15) is 52.1 Å². The number of hydrogen-bond acceptors (Lipinski definition) is 5. The van der Waals surface area contributed by atoms with Crippen molar-refractivity contribution in [2.45, 2.75) is 39.8 Å². The Morgan fingerprint density at radius 1 is 0.935 bits per heavy atom. The summed E-state index contributed by atoms with van der Waals surface area (Å²) < 4.78 is 7.99. The number of aryl methyl sites for hydroxylation is 1. The Kier molecular flexibility index (Phi) is 4.95. The van der Waals surface area contributed by atoms with E-state index in [1.165, 1.54) is 10.5 Å². The van der Waals surface area contributed by atoms with Gasteiger partial charge in [-0.3, -0.25) is 25.1 Å². The van der Waals surface area contributed by atoms with E-state index in [0.29, 0.717) is 24.3 Å². The molecule has 7 heteroatoms. The number of imide groups is 1. The predicted molar refractivity (Wildman–Crippen MR) is 121 cm³/mol. The standard InChI is InChI=1S/C24H28N4O3/c1-4-25-12-27-16-10-7-11-17(31-3)19(16)20-21-18(14-8-6-9-15(14)22(20)27)23(29)28(24(21)30)13-26-5-2/h7,10-11,25-26H,4-6,8-9,12-13H2,1-3H3. The maximum Gasteiger partial charge on any atom is 0.263 e. The van der Waals surface area contributed by atoms with Gasteiger partial charge in [0.2, 0.25) is 0 Å². The zero-order valence-electron chi connectivity index (χ0n) is 18.3. The molecule has 2 amide bonds. The van der Waals surface area contributed by atoms with Gasteiger partial charge in [0.05, 0.1) is 48.0 Å². The van der Waals surface area contributed by atoms with E-state index in [4.69, 9.17) is 4.74 Å². The summed E-state index contributed by atoms with van der Waals surface area (Å²) in [6.07, 6.45) is 2.75. The summed E-state index contributed by atoms with van der Waals surface area (Å²) in [6.45, 7) is 6.44. The second-order valence-electron chi connectivity index (χ2n) is 8.13. The van der Waals surface area contributed by atoms with Gasteiger partial charge in [0.1, 0.15) is 5.75 Å². The van der Waals surface area contributed by atoms with Crippen molar-refractivity contribution in [3.05, 3.63) is 40.5 Å². The van der Waals surface area contributed by atoms with Crippen LogP contribution in [0.25, 0.3) is 21.8 Å². The summed E-state index contributed by atoms with van der Waals surface area (Å²) in [5, 5.41) is 8.35. The van der Waals surface area contributed by atoms with Gasteiger partial charge >= 0.3 is 0 Å². The number of fused-ring (bicyclic) bond motifs is 8. The molecule has 0 atom stereocenters. The molecular weight excluding hydrogens is 392 g/mol. The highest BCUT2D eigenvalue weighted by molar-refractivity contribution is 6.32. The van der Waals surface area contributed by atoms with Crippen LogP contribution in [0.3, 0.4) is 0 Å². The normalized spacial score (nSPS) is 15.4. The summed E-state index contributed by atoms with van der Waals surface area (Å²) >= 11 is 0. The molecule has 0 spiro atoms. The van der Waals surface area contributed by atoms with Crippen LogP contribution in [0.15, 0.2) is 18.2 Å². The average Bonchev–Trinajstić information content (AvgIpc) is 3.44. The number of ether oxygens (including phenoxy) is 1. The number of carbonyl (C=O) groups excluding carboxylic acids is 2. The zero-order valence-corrected chi connectivity index (χ0v) is 18.3. The van der Waals surface area contributed by atoms with Crippen LogP contribution in [-0.2, 0) is 19.5 Å². The molecule has 1 aromatic heterocycles. The SMILES string of the molecule is CCNCN1C(=O)c2c3c(c4c(c2C1=O)c1c(OC)cccc1n4CNCC)CCC3. The van der Waals surface area contributed by atoms with Crippen molar-refractivity contribution in [3.63, 3.8) is 0 Å². The van der Waals surface area contributed by atoms with Gasteiger partial charge in [0.25, 0.3) is 11.8 Å². The molecule has 0 saturated carbocycles. The van der Waals surface area contributed by atoms with Crippen LogP contribution in [0.2, 0.25) is 0 Å². The highest BCUT2D eigenvalue weighted by Crippen LogP contribution is 2.46. The Labute approximate surface area is 181 Å². The van der Waals surface area contributed by atoms with Gasteiger partial charge in [0, 0.05) is 5.39 Å². The summed E-state index contributed by atoms with van der Waals surface area (Å²) in [5.41, 5.74) is 5.50. The van der Waals surface area contributed by atoms with Crippen LogP contribution in [0.4, 0.5) is 0 Å². The number of rotatable bonds is 7. The second-order valence-corrected chi connectivity index (χ2v) is 8.13. The molecule has 3 aromatic rings. The van der Waals surface area contributed by atoms with Crippen molar-refractivity contribution in [3.8, 4) is 5.75 Å².